The standard InChI is InChI=1S/C8H10N4O2/c1-6-4-7-10-9-5-12(7)11(2-3-13)8(6)14/h4-5,13H,2-3H2,1H3. The fourth-order valence-electron chi connectivity index (χ4n) is 1.38. The van der Waals surface area contributed by atoms with Gasteiger partial charge in [0.05, 0.1) is 13.2 Å². The van der Waals surface area contributed by atoms with Crippen LogP contribution in [-0.2, 0) is 6.54 Å². The molecule has 0 fully saturated rings. The Hall–Kier alpha value is -1.69. The molecule has 74 valence electrons. The van der Waals surface area contributed by atoms with Gasteiger partial charge in [0.2, 0.25) is 0 Å². The summed E-state index contributed by atoms with van der Waals surface area (Å²) in [7, 11) is 0. The van der Waals surface area contributed by atoms with Crippen LogP contribution in [0.2, 0.25) is 0 Å². The molecule has 0 radical (unpaired) electrons. The van der Waals surface area contributed by atoms with E-state index in [0.29, 0.717) is 11.2 Å². The molecule has 2 aromatic heterocycles. The average Bonchev–Trinajstić information content (AvgIpc) is 2.60. The van der Waals surface area contributed by atoms with E-state index in [1.807, 2.05) is 0 Å². The lowest BCUT2D eigenvalue weighted by atomic mass is 10.3. The molecule has 2 heterocycles. The van der Waals surface area contributed by atoms with Crippen molar-refractivity contribution >= 4 is 5.65 Å². The number of aromatic nitrogens is 4. The second kappa shape index (κ2) is 3.22. The van der Waals surface area contributed by atoms with E-state index in [1.54, 1.807) is 13.0 Å². The summed E-state index contributed by atoms with van der Waals surface area (Å²) in [6.45, 7) is 1.87. The summed E-state index contributed by atoms with van der Waals surface area (Å²) < 4.78 is 2.94. The molecule has 6 nitrogen and oxygen atoms in total. The maximum absolute atomic E-state index is 11.6. The summed E-state index contributed by atoms with van der Waals surface area (Å²) in [5.74, 6) is 0. The first-order chi connectivity index (χ1) is 6.74. The first-order valence-corrected chi connectivity index (χ1v) is 4.25. The fourth-order valence-corrected chi connectivity index (χ4v) is 1.38. The molecule has 0 amide bonds. The predicted octanol–water partition coefficient (Wildman–Crippen LogP) is -0.808. The molecule has 0 bridgehead atoms. The Morgan fingerprint density at radius 3 is 3.07 bits per heavy atom. The summed E-state index contributed by atoms with van der Waals surface area (Å²) in [4.78, 5) is 11.6. The van der Waals surface area contributed by atoms with Gasteiger partial charge in [0.15, 0.2) is 5.65 Å². The number of hydrogen-bond donors (Lipinski definition) is 1. The van der Waals surface area contributed by atoms with Crippen LogP contribution in [0.5, 0.6) is 0 Å². The SMILES string of the molecule is Cc1cc2nncn2n(CCO)c1=O. The third-order valence-electron chi connectivity index (χ3n) is 2.05. The van der Waals surface area contributed by atoms with Crippen LogP contribution in [0.4, 0.5) is 0 Å². The molecular weight excluding hydrogens is 184 g/mol. The van der Waals surface area contributed by atoms with E-state index >= 15 is 0 Å². The van der Waals surface area contributed by atoms with Crippen LogP contribution in [0.3, 0.4) is 0 Å². The van der Waals surface area contributed by atoms with Crippen LogP contribution in [0.25, 0.3) is 5.65 Å². The molecule has 0 aromatic carbocycles. The van der Waals surface area contributed by atoms with Crippen molar-refractivity contribution in [1.82, 2.24) is 19.4 Å². The fraction of sp³-hybridized carbons (Fsp3) is 0.375. The molecule has 14 heavy (non-hydrogen) atoms. The van der Waals surface area contributed by atoms with E-state index < -0.39 is 0 Å². The Morgan fingerprint density at radius 2 is 2.36 bits per heavy atom. The minimum atomic E-state index is -0.133. The first-order valence-electron chi connectivity index (χ1n) is 4.25. The Balaban J connectivity index is 2.80. The van der Waals surface area contributed by atoms with Gasteiger partial charge in [-0.2, -0.15) is 0 Å². The average molecular weight is 194 g/mol. The number of nitrogens with zero attached hydrogens (tertiary/aromatic N) is 4. The van der Waals surface area contributed by atoms with Crippen LogP contribution in [0, 0.1) is 6.92 Å². The van der Waals surface area contributed by atoms with Gasteiger partial charge in [0.1, 0.15) is 6.33 Å². The van der Waals surface area contributed by atoms with Crippen molar-refractivity contribution in [3.63, 3.8) is 0 Å². The van der Waals surface area contributed by atoms with Crippen molar-refractivity contribution in [2.24, 2.45) is 0 Å². The van der Waals surface area contributed by atoms with Gasteiger partial charge < -0.3 is 5.11 Å². The zero-order valence-electron chi connectivity index (χ0n) is 7.71. The second-order valence-electron chi connectivity index (χ2n) is 3.01. The lowest BCUT2D eigenvalue weighted by molar-refractivity contribution is 0.263. The number of aliphatic hydroxyl groups excluding tert-OH is 1. The monoisotopic (exact) mass is 194 g/mol. The minimum absolute atomic E-state index is 0.0867. The Labute approximate surface area is 79.4 Å². The van der Waals surface area contributed by atoms with Gasteiger partial charge in [-0.3, -0.25) is 4.79 Å². The maximum atomic E-state index is 11.6. The first kappa shape index (κ1) is 8.89. The van der Waals surface area contributed by atoms with Gasteiger partial charge in [0.25, 0.3) is 5.56 Å². The summed E-state index contributed by atoms with van der Waals surface area (Å²) in [6.07, 6.45) is 1.45. The zero-order valence-corrected chi connectivity index (χ0v) is 7.71. The van der Waals surface area contributed by atoms with Crippen LogP contribution in [0.1, 0.15) is 5.56 Å². The number of aryl methyl sites for hydroxylation is 1. The normalized spacial score (nSPS) is 11.0. The molecule has 0 atom stereocenters. The molecular formula is C8H10N4O2. The minimum Gasteiger partial charge on any atom is -0.394 e. The van der Waals surface area contributed by atoms with E-state index in [9.17, 15) is 4.79 Å². The topological polar surface area (TPSA) is 72.4 Å². The number of hydrogen-bond acceptors (Lipinski definition) is 4. The molecule has 0 aliphatic rings. The highest BCUT2D eigenvalue weighted by Crippen LogP contribution is 1.98. The highest BCUT2D eigenvalue weighted by Gasteiger charge is 2.06. The van der Waals surface area contributed by atoms with Gasteiger partial charge in [-0.05, 0) is 13.0 Å². The third kappa shape index (κ3) is 1.20. The van der Waals surface area contributed by atoms with Gasteiger partial charge in [-0.1, -0.05) is 0 Å². The zero-order chi connectivity index (χ0) is 10.1. The summed E-state index contributed by atoms with van der Waals surface area (Å²) in [5.41, 5.74) is 1.07. The van der Waals surface area contributed by atoms with Gasteiger partial charge in [0, 0.05) is 5.56 Å². The quantitative estimate of drug-likeness (QED) is 0.678. The van der Waals surface area contributed by atoms with E-state index in [4.69, 9.17) is 5.11 Å². The Bertz CT molecular complexity index is 514. The number of aliphatic hydroxyl groups is 1. The summed E-state index contributed by atoms with van der Waals surface area (Å²) in [5, 5.41) is 16.4. The maximum Gasteiger partial charge on any atom is 0.268 e. The summed E-state index contributed by atoms with van der Waals surface area (Å²) >= 11 is 0. The highest BCUT2D eigenvalue weighted by molar-refractivity contribution is 5.37. The van der Waals surface area contributed by atoms with Crippen molar-refractivity contribution in [2.75, 3.05) is 6.61 Å². The molecule has 1 N–H and O–H groups in total. The number of rotatable bonds is 2. The molecule has 2 aromatic rings. The molecule has 6 heteroatoms. The van der Waals surface area contributed by atoms with Gasteiger partial charge >= 0.3 is 0 Å². The van der Waals surface area contributed by atoms with E-state index in [0.717, 1.165) is 0 Å². The largest absolute Gasteiger partial charge is 0.394 e. The van der Waals surface area contributed by atoms with Gasteiger partial charge in [-0.15, -0.1) is 10.2 Å². The van der Waals surface area contributed by atoms with Crippen molar-refractivity contribution in [1.29, 1.82) is 0 Å². The second-order valence-corrected chi connectivity index (χ2v) is 3.01. The Kier molecular flexibility index (Phi) is 2.05. The van der Waals surface area contributed by atoms with Crippen molar-refractivity contribution < 1.29 is 5.11 Å². The smallest absolute Gasteiger partial charge is 0.268 e. The van der Waals surface area contributed by atoms with Crippen molar-refractivity contribution in [3.8, 4) is 0 Å². The molecule has 2 rings (SSSR count). The molecule has 0 aliphatic carbocycles. The Morgan fingerprint density at radius 1 is 1.57 bits per heavy atom. The van der Waals surface area contributed by atoms with Gasteiger partial charge in [-0.25, -0.2) is 9.20 Å². The number of fused-ring (bicyclic) bond motifs is 1. The third-order valence-corrected chi connectivity index (χ3v) is 2.05. The van der Waals surface area contributed by atoms with Crippen LogP contribution >= 0.6 is 0 Å². The lowest BCUT2D eigenvalue weighted by Crippen LogP contribution is -2.28. The van der Waals surface area contributed by atoms with Crippen molar-refractivity contribution in [2.45, 2.75) is 13.5 Å². The molecule has 0 aliphatic heterocycles. The molecule has 0 saturated carbocycles. The molecule has 0 spiro atoms. The lowest BCUT2D eigenvalue weighted by Gasteiger charge is -2.07. The highest BCUT2D eigenvalue weighted by atomic mass is 16.3. The molecule has 0 saturated heterocycles. The van der Waals surface area contributed by atoms with Crippen LogP contribution < -0.4 is 5.56 Å². The predicted molar refractivity (Wildman–Crippen MR) is 49.1 cm³/mol. The van der Waals surface area contributed by atoms with E-state index in [2.05, 4.69) is 10.2 Å². The van der Waals surface area contributed by atoms with Crippen molar-refractivity contribution in [3.05, 3.63) is 28.3 Å². The molecule has 0 unspecified atom stereocenters. The summed E-state index contributed by atoms with van der Waals surface area (Å²) in [6, 6.07) is 1.67. The van der Waals surface area contributed by atoms with E-state index in [-0.39, 0.29) is 18.7 Å². The van der Waals surface area contributed by atoms with Crippen LogP contribution in [-0.4, -0.2) is 31.1 Å². The van der Waals surface area contributed by atoms with Crippen LogP contribution in [0.15, 0.2) is 17.2 Å². The van der Waals surface area contributed by atoms with E-state index in [1.165, 1.54) is 15.5 Å².